The molecule has 0 spiro atoms. The second-order valence-electron chi connectivity index (χ2n) is 20.9. The lowest BCUT2D eigenvalue weighted by atomic mass is 9.43. The number of nitrogens with zero attached hydrogens (tertiary/aromatic N) is 3. The lowest BCUT2D eigenvalue weighted by Gasteiger charge is -2.60. The van der Waals surface area contributed by atoms with Crippen LogP contribution in [0.2, 0.25) is 0 Å². The molecule has 414 valence electrons. The summed E-state index contributed by atoms with van der Waals surface area (Å²) in [5.74, 6) is -14.5. The van der Waals surface area contributed by atoms with Gasteiger partial charge in [0.2, 0.25) is 5.75 Å². The first-order chi connectivity index (χ1) is 36.8. The fourth-order valence-corrected chi connectivity index (χ4v) is 13.5. The average Bonchev–Trinajstić information content (AvgIpc) is 3.61. The number of benzene rings is 3. The smallest absolute Gasteiger partial charge is 0.355 e. The fraction of sp³-hybridized carbons (Fsp3) is 0.481. The Morgan fingerprint density at radius 1 is 0.948 bits per heavy atom. The van der Waals surface area contributed by atoms with Crippen LogP contribution in [0.4, 0.5) is 5.69 Å². The number of ether oxygens (including phenoxy) is 2. The van der Waals surface area contributed by atoms with Crippen LogP contribution in [-0.4, -0.2) is 163 Å². The number of aromatic hydroxyl groups is 4. The summed E-state index contributed by atoms with van der Waals surface area (Å²) in [6, 6.07) is 10.4. The molecule has 4 aromatic rings. The molecule has 1 aromatic heterocycles. The molecule has 1 saturated carbocycles. The molecule has 0 bridgehead atoms. The lowest BCUT2D eigenvalue weighted by Crippen LogP contribution is -2.67. The molecule has 2 aliphatic heterocycles. The summed E-state index contributed by atoms with van der Waals surface area (Å²) >= 11 is 0. The van der Waals surface area contributed by atoms with Gasteiger partial charge in [-0.05, 0) is 111 Å². The molecule has 0 radical (unpaired) electrons. The third-order valence-electron chi connectivity index (χ3n) is 16.8. The van der Waals surface area contributed by atoms with Crippen molar-refractivity contribution >= 4 is 29.6 Å². The van der Waals surface area contributed by atoms with Crippen LogP contribution in [0.25, 0.3) is 6.08 Å². The average molecular weight is 1070 g/mol. The number of carboxylic acid groups (broad SMARTS) is 1. The van der Waals surface area contributed by atoms with Crippen molar-refractivity contribution in [3.63, 3.8) is 0 Å². The summed E-state index contributed by atoms with van der Waals surface area (Å²) < 4.78 is 11.0. The number of aliphatic hydroxyl groups excluding tert-OH is 7. The van der Waals surface area contributed by atoms with Crippen molar-refractivity contribution in [1.29, 1.82) is 0 Å². The van der Waals surface area contributed by atoms with E-state index in [0.29, 0.717) is 65.6 Å². The standard InChI is InChI=1S/C54H66N6O17/c55-51(56)58-16-2-4-33(64)13-10-28-20-52(50(73)74)44(43(28)53-31(12-9-29(22-61)34(53)23-62)11-8-27-3-1-5-37(66)42(27)53)41-35(19-38(45(68)47(41)70)76-54(75)49(72)48(71)46(69)39(24-63)77-54)60(52)40(67)15-7-26-6-14-36(65)30(17-26)18-32-21-57-25-59-32/h1,3,5-7,14-15,17,19-21,25,29,31,33-34,39,43-44,46,48-49,61-66,68-72,75H,2,4,8-13,16,18,22-24H2,(H,57,59)(H,73,74)(H4,55,56,58)/b15-7+/t29-,31+,33-,34+,39+,43+,44-,46+,48-,49+,52+,53-,54-/m0/s1. The third kappa shape index (κ3) is 9.31. The molecule has 3 heterocycles. The number of aliphatic carboxylic acids is 1. The van der Waals surface area contributed by atoms with Gasteiger partial charge in [-0.3, -0.25) is 14.7 Å². The van der Waals surface area contributed by atoms with E-state index in [9.17, 15) is 71.2 Å². The molecule has 2 fully saturated rings. The Morgan fingerprint density at radius 2 is 1.73 bits per heavy atom. The Bertz CT molecular complexity index is 2950. The zero-order valence-corrected chi connectivity index (χ0v) is 41.8. The minimum Gasteiger partial charge on any atom is -0.508 e. The van der Waals surface area contributed by atoms with Crippen molar-refractivity contribution in [3.8, 4) is 28.7 Å². The van der Waals surface area contributed by atoms with Crippen LogP contribution in [0.1, 0.15) is 84.4 Å². The van der Waals surface area contributed by atoms with Gasteiger partial charge in [0.1, 0.15) is 29.8 Å². The quantitative estimate of drug-likeness (QED) is 0.0123. The van der Waals surface area contributed by atoms with Gasteiger partial charge in [0.05, 0.1) is 24.7 Å². The minimum absolute atomic E-state index is 0.0108. The number of allylic oxidation sites excluding steroid dienone is 1. The van der Waals surface area contributed by atoms with Crippen LogP contribution in [0, 0.1) is 23.7 Å². The minimum atomic E-state index is -3.38. The molecule has 0 unspecified atom stereocenters. The number of phenolic OH excluding ortho intramolecular Hbond substituents is 4. The molecule has 3 aliphatic carbocycles. The van der Waals surface area contributed by atoms with E-state index in [2.05, 4.69) is 15.0 Å². The highest BCUT2D eigenvalue weighted by Crippen LogP contribution is 2.72. The zero-order chi connectivity index (χ0) is 55.3. The number of aliphatic imine (C=N–C) groups is 1. The number of aliphatic hydroxyl groups is 8. The molecule has 5 aliphatic rings. The summed E-state index contributed by atoms with van der Waals surface area (Å²) in [4.78, 5) is 42.3. The number of hydrogen-bond donors (Lipinski definition) is 16. The second-order valence-corrected chi connectivity index (χ2v) is 20.9. The molecule has 13 atom stereocenters. The zero-order valence-electron chi connectivity index (χ0n) is 41.8. The number of phenols is 4. The summed E-state index contributed by atoms with van der Waals surface area (Å²) in [7, 11) is 0. The SMILES string of the molecule is NC(N)=NCCC[C@H](O)CCC1=C[C@]2(C(=O)O)[C@@H](c3c(cc(O[C@]4(O)O[C@H](CO)[C@@H](O)[C@H](O)[C@H]4O)c(O)c3O)N2C(=O)/C=C/c2ccc(O)c(Cc3cnc[nH]3)c2)[C@@H]1[C@@]12c3c(O)cccc3CC[C@@H]1CC[C@@H](CO)[C@H]2CO. The Hall–Kier alpha value is -6.80. The largest absolute Gasteiger partial charge is 0.508 e. The van der Waals surface area contributed by atoms with Gasteiger partial charge < -0.3 is 92.3 Å². The van der Waals surface area contributed by atoms with Gasteiger partial charge in [0.15, 0.2) is 29.1 Å². The third-order valence-corrected chi connectivity index (χ3v) is 16.8. The number of anilines is 1. The van der Waals surface area contributed by atoms with Gasteiger partial charge in [-0.15, -0.1) is 0 Å². The molecule has 3 aromatic carbocycles. The van der Waals surface area contributed by atoms with E-state index in [-0.39, 0.29) is 55.3 Å². The number of aromatic amines is 1. The highest BCUT2D eigenvalue weighted by Gasteiger charge is 2.72. The molecule has 18 N–H and O–H groups in total. The number of imidazole rings is 1. The van der Waals surface area contributed by atoms with Gasteiger partial charge in [-0.25, -0.2) is 9.78 Å². The molecular weight excluding hydrogens is 1000 g/mol. The summed E-state index contributed by atoms with van der Waals surface area (Å²) in [5.41, 5.74) is 9.10. The molecule has 9 rings (SSSR count). The van der Waals surface area contributed by atoms with E-state index in [1.807, 2.05) is 6.07 Å². The van der Waals surface area contributed by atoms with E-state index >= 15 is 4.79 Å². The number of aromatic nitrogens is 2. The fourth-order valence-electron chi connectivity index (χ4n) is 13.5. The van der Waals surface area contributed by atoms with Gasteiger partial charge in [-0.2, -0.15) is 0 Å². The van der Waals surface area contributed by atoms with Gasteiger partial charge in [-0.1, -0.05) is 23.8 Å². The van der Waals surface area contributed by atoms with Gasteiger partial charge >= 0.3 is 11.9 Å². The van der Waals surface area contributed by atoms with Crippen LogP contribution < -0.4 is 21.1 Å². The molecule has 77 heavy (non-hydrogen) atoms. The van der Waals surface area contributed by atoms with Crippen LogP contribution in [0.5, 0.6) is 28.7 Å². The molecular formula is C54H66N6O17. The lowest BCUT2D eigenvalue weighted by molar-refractivity contribution is -0.422. The monoisotopic (exact) mass is 1070 g/mol. The van der Waals surface area contributed by atoms with E-state index < -0.39 is 132 Å². The van der Waals surface area contributed by atoms with Crippen molar-refractivity contribution < 1.29 is 85.4 Å². The normalized spacial score (nSPS) is 30.7. The molecule has 1 amide bonds. The first-order valence-electron chi connectivity index (χ1n) is 25.6. The Balaban J connectivity index is 1.28. The maximum atomic E-state index is 15.5. The van der Waals surface area contributed by atoms with Crippen molar-refractivity contribution in [2.75, 3.05) is 31.3 Å². The van der Waals surface area contributed by atoms with E-state index in [1.54, 1.807) is 18.3 Å². The van der Waals surface area contributed by atoms with Crippen molar-refractivity contribution in [2.24, 2.45) is 40.1 Å². The first-order valence-corrected chi connectivity index (χ1v) is 25.6. The maximum absolute atomic E-state index is 15.5. The molecule has 23 heteroatoms. The number of guanidine groups is 1. The van der Waals surface area contributed by atoms with Crippen molar-refractivity contribution in [1.82, 2.24) is 9.97 Å². The number of amides is 1. The number of H-pyrrole nitrogens is 1. The van der Waals surface area contributed by atoms with Gasteiger partial charge in [0, 0.05) is 84.2 Å². The highest BCUT2D eigenvalue weighted by atomic mass is 16.8. The summed E-state index contributed by atoms with van der Waals surface area (Å²) in [6.45, 7) is -1.81. The second kappa shape index (κ2) is 21.6. The number of nitrogens with two attached hydrogens (primary N) is 2. The summed E-state index contributed by atoms with van der Waals surface area (Å²) in [6.07, 6.45) is -0.0766. The first kappa shape index (κ1) is 55.0. The Morgan fingerprint density at radius 3 is 2.42 bits per heavy atom. The van der Waals surface area contributed by atoms with E-state index in [1.165, 1.54) is 36.7 Å². The molecule has 23 nitrogen and oxygen atoms in total. The van der Waals surface area contributed by atoms with Crippen LogP contribution >= 0.6 is 0 Å². The number of aryl methyl sites for hydroxylation is 1. The van der Waals surface area contributed by atoms with Crippen LogP contribution in [0.3, 0.4) is 0 Å². The number of rotatable bonds is 18. The molecule has 1 saturated heterocycles. The topological polar surface area (TPSA) is 412 Å². The van der Waals surface area contributed by atoms with Crippen molar-refractivity contribution in [3.05, 3.63) is 106 Å². The highest BCUT2D eigenvalue weighted by molar-refractivity contribution is 6.13. The van der Waals surface area contributed by atoms with Crippen LogP contribution in [0.15, 0.2) is 77.7 Å². The van der Waals surface area contributed by atoms with E-state index in [4.69, 9.17) is 20.9 Å². The predicted octanol–water partition coefficient (Wildman–Crippen LogP) is 0.551. The number of nitrogens with one attached hydrogen (secondary N) is 1. The van der Waals surface area contributed by atoms with Gasteiger partial charge in [0.25, 0.3) is 5.91 Å². The number of carboxylic acids is 1. The van der Waals surface area contributed by atoms with Crippen LogP contribution in [-0.2, 0) is 32.6 Å². The Kier molecular flexibility index (Phi) is 15.4. The predicted molar refractivity (Wildman–Crippen MR) is 273 cm³/mol. The summed E-state index contributed by atoms with van der Waals surface area (Å²) in [5, 5.41) is 148. The number of hydrogen-bond acceptors (Lipinski definition) is 18. The number of carbonyl (C=O) groups excluding carboxylic acids is 1. The Labute approximate surface area is 441 Å². The maximum Gasteiger partial charge on any atom is 0.355 e. The number of fused-ring (bicyclic) bond motifs is 6. The number of carbonyl (C=O) groups is 2. The van der Waals surface area contributed by atoms with Crippen molar-refractivity contribution in [2.45, 2.75) is 111 Å². The van der Waals surface area contributed by atoms with E-state index in [0.717, 1.165) is 17.0 Å².